The van der Waals surface area contributed by atoms with Crippen molar-refractivity contribution in [2.75, 3.05) is 0 Å². The van der Waals surface area contributed by atoms with Gasteiger partial charge in [0, 0.05) is 23.6 Å². The maximum absolute atomic E-state index is 11.5. The minimum Gasteiger partial charge on any atom is -0.478 e. The van der Waals surface area contributed by atoms with Crippen molar-refractivity contribution in [2.45, 2.75) is 26.7 Å². The zero-order chi connectivity index (χ0) is 12.7. The zero-order valence-corrected chi connectivity index (χ0v) is 10.6. The van der Waals surface area contributed by atoms with Gasteiger partial charge in [0.1, 0.15) is 0 Å². The first-order valence-electron chi connectivity index (χ1n) is 5.76. The van der Waals surface area contributed by atoms with E-state index < -0.39 is 5.97 Å². The molecule has 0 aliphatic heterocycles. The minimum atomic E-state index is -0.839. The van der Waals surface area contributed by atoms with Gasteiger partial charge in [-0.2, -0.15) is 0 Å². The summed E-state index contributed by atoms with van der Waals surface area (Å²) in [4.78, 5) is 11.5. The molecular formula is C14H17NO2. The average Bonchev–Trinajstić information content (AvgIpc) is 2.54. The molecule has 3 nitrogen and oxygen atoms in total. The number of nitrogens with zero attached hydrogens (tertiary/aromatic N) is 1. The van der Waals surface area contributed by atoms with Crippen LogP contribution in [0.4, 0.5) is 0 Å². The lowest BCUT2D eigenvalue weighted by atomic mass is 10.0. The lowest BCUT2D eigenvalue weighted by Crippen LogP contribution is -2.06. The number of carbonyl (C=O) groups is 1. The van der Waals surface area contributed by atoms with Crippen LogP contribution in [0.5, 0.6) is 0 Å². The number of carboxylic acids is 1. The summed E-state index contributed by atoms with van der Waals surface area (Å²) in [5, 5.41) is 10.3. The lowest BCUT2D eigenvalue weighted by molar-refractivity contribution is 0.0697. The fraction of sp³-hybridized carbons (Fsp3) is 0.357. The SMILES string of the molecule is Cc1cccc2c1c(C(=O)O)c(C(C)C)n2C. The molecule has 0 bridgehead atoms. The lowest BCUT2D eigenvalue weighted by Gasteiger charge is -2.08. The van der Waals surface area contributed by atoms with Gasteiger partial charge in [-0.1, -0.05) is 26.0 Å². The molecule has 1 N–H and O–H groups in total. The number of aromatic nitrogens is 1. The number of carboxylic acid groups (broad SMARTS) is 1. The van der Waals surface area contributed by atoms with Crippen LogP contribution in [0.1, 0.15) is 41.4 Å². The monoisotopic (exact) mass is 231 g/mol. The third kappa shape index (κ3) is 1.62. The number of aryl methyl sites for hydroxylation is 2. The van der Waals surface area contributed by atoms with Crippen molar-refractivity contribution >= 4 is 16.9 Å². The first-order valence-corrected chi connectivity index (χ1v) is 5.76. The first-order chi connectivity index (χ1) is 7.95. The molecule has 0 atom stereocenters. The molecule has 0 fully saturated rings. The number of rotatable bonds is 2. The smallest absolute Gasteiger partial charge is 0.338 e. The van der Waals surface area contributed by atoms with E-state index in [1.54, 1.807) is 0 Å². The van der Waals surface area contributed by atoms with E-state index in [1.165, 1.54) is 0 Å². The van der Waals surface area contributed by atoms with Crippen LogP contribution in [0.25, 0.3) is 10.9 Å². The molecule has 2 aromatic rings. The number of hydrogen-bond acceptors (Lipinski definition) is 1. The molecule has 0 radical (unpaired) electrons. The number of hydrogen-bond donors (Lipinski definition) is 1. The van der Waals surface area contributed by atoms with Crippen molar-refractivity contribution in [3.63, 3.8) is 0 Å². The third-order valence-corrected chi connectivity index (χ3v) is 3.24. The van der Waals surface area contributed by atoms with Gasteiger partial charge in [0.2, 0.25) is 0 Å². The van der Waals surface area contributed by atoms with E-state index in [-0.39, 0.29) is 5.92 Å². The van der Waals surface area contributed by atoms with Gasteiger partial charge < -0.3 is 9.67 Å². The Bertz CT molecular complexity index is 594. The van der Waals surface area contributed by atoms with Gasteiger partial charge >= 0.3 is 5.97 Å². The number of fused-ring (bicyclic) bond motifs is 1. The molecule has 1 heterocycles. The Morgan fingerprint density at radius 1 is 1.35 bits per heavy atom. The van der Waals surface area contributed by atoms with Crippen molar-refractivity contribution in [3.05, 3.63) is 35.0 Å². The fourth-order valence-electron chi connectivity index (χ4n) is 2.58. The third-order valence-electron chi connectivity index (χ3n) is 3.24. The van der Waals surface area contributed by atoms with Gasteiger partial charge in [-0.05, 0) is 24.5 Å². The van der Waals surface area contributed by atoms with Gasteiger partial charge in [0.25, 0.3) is 0 Å². The highest BCUT2D eigenvalue weighted by atomic mass is 16.4. The van der Waals surface area contributed by atoms with Gasteiger partial charge in [-0.25, -0.2) is 4.79 Å². The molecule has 0 saturated heterocycles. The van der Waals surface area contributed by atoms with Crippen molar-refractivity contribution < 1.29 is 9.90 Å². The highest BCUT2D eigenvalue weighted by Crippen LogP contribution is 2.32. The van der Waals surface area contributed by atoms with Gasteiger partial charge in [0.05, 0.1) is 5.56 Å². The highest BCUT2D eigenvalue weighted by molar-refractivity contribution is 6.06. The van der Waals surface area contributed by atoms with E-state index in [2.05, 4.69) is 0 Å². The molecule has 1 aromatic carbocycles. The Labute approximate surface area is 101 Å². The Hall–Kier alpha value is -1.77. The predicted octanol–water partition coefficient (Wildman–Crippen LogP) is 3.31. The maximum atomic E-state index is 11.5. The molecule has 3 heteroatoms. The van der Waals surface area contributed by atoms with Gasteiger partial charge in [-0.3, -0.25) is 0 Å². The van der Waals surface area contributed by atoms with E-state index in [4.69, 9.17) is 0 Å². The number of benzene rings is 1. The molecule has 0 saturated carbocycles. The van der Waals surface area contributed by atoms with Crippen LogP contribution in [-0.2, 0) is 7.05 Å². The summed E-state index contributed by atoms with van der Waals surface area (Å²) in [6, 6.07) is 5.90. The summed E-state index contributed by atoms with van der Waals surface area (Å²) in [5.74, 6) is -0.647. The second kappa shape index (κ2) is 3.91. The van der Waals surface area contributed by atoms with Crippen LogP contribution in [0.3, 0.4) is 0 Å². The van der Waals surface area contributed by atoms with Crippen LogP contribution in [0.15, 0.2) is 18.2 Å². The van der Waals surface area contributed by atoms with Gasteiger partial charge in [-0.15, -0.1) is 0 Å². The molecule has 0 aliphatic carbocycles. The van der Waals surface area contributed by atoms with Crippen LogP contribution in [-0.4, -0.2) is 15.6 Å². The summed E-state index contributed by atoms with van der Waals surface area (Å²) in [7, 11) is 1.93. The highest BCUT2D eigenvalue weighted by Gasteiger charge is 2.23. The topological polar surface area (TPSA) is 42.2 Å². The molecule has 90 valence electrons. The summed E-state index contributed by atoms with van der Waals surface area (Å²) in [5.41, 5.74) is 3.35. The molecule has 0 aliphatic rings. The summed E-state index contributed by atoms with van der Waals surface area (Å²) < 4.78 is 2.00. The van der Waals surface area contributed by atoms with Crippen LogP contribution < -0.4 is 0 Å². The number of aromatic carboxylic acids is 1. The molecule has 17 heavy (non-hydrogen) atoms. The largest absolute Gasteiger partial charge is 0.478 e. The van der Waals surface area contributed by atoms with E-state index >= 15 is 0 Å². The first kappa shape index (κ1) is 11.7. The van der Waals surface area contributed by atoms with Crippen LogP contribution in [0, 0.1) is 6.92 Å². The Kier molecular flexibility index (Phi) is 2.69. The molecule has 1 aromatic heterocycles. The predicted molar refractivity (Wildman–Crippen MR) is 68.7 cm³/mol. The molecule has 2 rings (SSSR count). The fourth-order valence-corrected chi connectivity index (χ4v) is 2.58. The Balaban J connectivity index is 2.99. The Morgan fingerprint density at radius 3 is 2.53 bits per heavy atom. The average molecular weight is 231 g/mol. The second-order valence-electron chi connectivity index (χ2n) is 4.75. The van der Waals surface area contributed by atoms with Gasteiger partial charge in [0.15, 0.2) is 0 Å². The van der Waals surface area contributed by atoms with Crippen molar-refractivity contribution in [3.8, 4) is 0 Å². The van der Waals surface area contributed by atoms with Crippen LogP contribution >= 0.6 is 0 Å². The Morgan fingerprint density at radius 2 is 2.00 bits per heavy atom. The van der Waals surface area contributed by atoms with E-state index in [9.17, 15) is 9.90 Å². The summed E-state index contributed by atoms with van der Waals surface area (Å²) >= 11 is 0. The summed E-state index contributed by atoms with van der Waals surface area (Å²) in [6.45, 7) is 6.00. The summed E-state index contributed by atoms with van der Waals surface area (Å²) in [6.07, 6.45) is 0. The van der Waals surface area contributed by atoms with Crippen molar-refractivity contribution in [2.24, 2.45) is 7.05 Å². The van der Waals surface area contributed by atoms with E-state index in [0.29, 0.717) is 5.56 Å². The van der Waals surface area contributed by atoms with Crippen molar-refractivity contribution in [1.29, 1.82) is 0 Å². The minimum absolute atomic E-state index is 0.192. The second-order valence-corrected chi connectivity index (χ2v) is 4.75. The molecule has 0 amide bonds. The molecule has 0 unspecified atom stereocenters. The van der Waals surface area contributed by atoms with Crippen LogP contribution in [0.2, 0.25) is 0 Å². The quantitative estimate of drug-likeness (QED) is 0.861. The zero-order valence-electron chi connectivity index (χ0n) is 10.6. The molecule has 0 spiro atoms. The van der Waals surface area contributed by atoms with E-state index in [1.807, 2.05) is 50.6 Å². The molecular weight excluding hydrogens is 214 g/mol. The normalized spacial score (nSPS) is 11.4. The maximum Gasteiger partial charge on any atom is 0.338 e. The van der Waals surface area contributed by atoms with E-state index in [0.717, 1.165) is 22.2 Å². The van der Waals surface area contributed by atoms with Crippen molar-refractivity contribution in [1.82, 2.24) is 4.57 Å². The standard InChI is InChI=1S/C14H17NO2/c1-8(2)13-12(14(16)17)11-9(3)6-5-7-10(11)15(13)4/h5-8H,1-4H3,(H,16,17).